The lowest BCUT2D eigenvalue weighted by Gasteiger charge is -2.64. The predicted molar refractivity (Wildman–Crippen MR) is 185 cm³/mol. The minimum Gasteiger partial charge on any atom is -0.462 e. The summed E-state index contributed by atoms with van der Waals surface area (Å²) in [6.07, 6.45) is -7.59. The standard InChI is InChI=1S/C39H51NO13/c1-20-28(53-31(46)17-27(40(9)10)25-14-12-11-13-15-25)18-30(49-21(2)41)37(7)32(20)33(50-22(3)42)26-16-29(45)38(8)39(47,36(26,6)19-48-38)35(52-24(5)44)34(37)51-23(4)43/h11-15,26-28,30,32-35,47H,1,16-19H2,2-10H3/t26-,27+,28-,30-,32-,33+,34-,35-,36+,37+,38+,39+/m0/s1. The quantitative estimate of drug-likeness (QED) is 0.222. The molecule has 0 amide bonds. The van der Waals surface area contributed by atoms with Crippen LogP contribution in [0.5, 0.6) is 0 Å². The average Bonchev–Trinajstić information content (AvgIpc) is 3.20. The van der Waals surface area contributed by atoms with Gasteiger partial charge in [-0.3, -0.25) is 28.8 Å². The summed E-state index contributed by atoms with van der Waals surface area (Å²) >= 11 is 0. The van der Waals surface area contributed by atoms with E-state index in [1.807, 2.05) is 49.3 Å². The first-order valence-electron chi connectivity index (χ1n) is 17.8. The molecular formula is C39H51NO13. The van der Waals surface area contributed by atoms with Gasteiger partial charge in [-0.25, -0.2) is 0 Å². The van der Waals surface area contributed by atoms with Crippen molar-refractivity contribution >= 4 is 35.6 Å². The fraction of sp³-hybridized carbons (Fsp3) is 0.641. The van der Waals surface area contributed by atoms with E-state index in [9.17, 15) is 33.9 Å². The number of ether oxygens (including phenoxy) is 6. The molecule has 1 aromatic carbocycles. The minimum atomic E-state index is -2.36. The molecule has 1 aromatic rings. The second-order valence-electron chi connectivity index (χ2n) is 15.7. The van der Waals surface area contributed by atoms with Gasteiger partial charge in [0.1, 0.15) is 23.9 Å². The van der Waals surface area contributed by atoms with E-state index >= 15 is 0 Å². The highest BCUT2D eigenvalue weighted by Gasteiger charge is 2.82. The number of carbonyl (C=O) groups is 6. The number of esters is 5. The highest BCUT2D eigenvalue weighted by molar-refractivity contribution is 5.91. The van der Waals surface area contributed by atoms with Crippen LogP contribution in [0.25, 0.3) is 0 Å². The number of ketones is 1. The van der Waals surface area contributed by atoms with Crippen LogP contribution in [0.4, 0.5) is 0 Å². The Balaban J connectivity index is 1.73. The van der Waals surface area contributed by atoms with Crippen LogP contribution in [0.2, 0.25) is 0 Å². The lowest BCUT2D eigenvalue weighted by Crippen LogP contribution is -2.80. The van der Waals surface area contributed by atoms with Crippen molar-refractivity contribution in [3.05, 3.63) is 48.0 Å². The Hall–Kier alpha value is -4.14. The summed E-state index contributed by atoms with van der Waals surface area (Å²) in [7, 11) is 3.68. The van der Waals surface area contributed by atoms with E-state index in [1.165, 1.54) is 20.8 Å². The summed E-state index contributed by atoms with van der Waals surface area (Å²) in [6, 6.07) is 9.05. The fourth-order valence-electron chi connectivity index (χ4n) is 9.71. The molecule has 290 valence electrons. The molecular weight excluding hydrogens is 690 g/mol. The zero-order valence-corrected chi connectivity index (χ0v) is 31.8. The van der Waals surface area contributed by atoms with E-state index in [2.05, 4.69) is 6.58 Å². The third-order valence-corrected chi connectivity index (χ3v) is 12.3. The maximum absolute atomic E-state index is 14.2. The van der Waals surface area contributed by atoms with Crippen LogP contribution in [0, 0.1) is 22.7 Å². The molecule has 5 rings (SSSR count). The average molecular weight is 742 g/mol. The van der Waals surface area contributed by atoms with Gasteiger partial charge in [0.25, 0.3) is 0 Å². The van der Waals surface area contributed by atoms with Gasteiger partial charge in [-0.1, -0.05) is 50.8 Å². The summed E-state index contributed by atoms with van der Waals surface area (Å²) in [5.74, 6) is -6.51. The van der Waals surface area contributed by atoms with Crippen molar-refractivity contribution in [2.45, 2.75) is 115 Å². The Morgan fingerprint density at radius 3 is 2.00 bits per heavy atom. The number of carbonyl (C=O) groups excluding carboxylic acids is 6. The van der Waals surface area contributed by atoms with Crippen LogP contribution in [0.1, 0.15) is 79.3 Å². The number of benzene rings is 1. The number of aliphatic hydroxyl groups is 1. The van der Waals surface area contributed by atoms with Crippen molar-refractivity contribution in [2.24, 2.45) is 22.7 Å². The first-order chi connectivity index (χ1) is 24.6. The number of hydrogen-bond acceptors (Lipinski definition) is 14. The van der Waals surface area contributed by atoms with E-state index in [0.717, 1.165) is 19.4 Å². The third-order valence-electron chi connectivity index (χ3n) is 12.3. The lowest BCUT2D eigenvalue weighted by molar-refractivity contribution is -0.295. The van der Waals surface area contributed by atoms with Crippen LogP contribution in [-0.2, 0) is 57.2 Å². The van der Waals surface area contributed by atoms with Gasteiger partial charge >= 0.3 is 29.8 Å². The van der Waals surface area contributed by atoms with Crippen LogP contribution < -0.4 is 0 Å². The zero-order valence-electron chi connectivity index (χ0n) is 31.8. The van der Waals surface area contributed by atoms with E-state index in [0.29, 0.717) is 0 Å². The molecule has 12 atom stereocenters. The molecule has 3 saturated carbocycles. The maximum Gasteiger partial charge on any atom is 0.308 e. The lowest BCUT2D eigenvalue weighted by atomic mass is 9.44. The Bertz CT molecular complexity index is 1680. The molecule has 53 heavy (non-hydrogen) atoms. The van der Waals surface area contributed by atoms with Crippen molar-refractivity contribution < 1.29 is 62.3 Å². The first-order valence-corrected chi connectivity index (χ1v) is 17.8. The molecule has 0 spiro atoms. The maximum atomic E-state index is 14.2. The van der Waals surface area contributed by atoms with Gasteiger partial charge < -0.3 is 38.4 Å². The molecule has 0 radical (unpaired) electrons. The van der Waals surface area contributed by atoms with Crippen LogP contribution in [-0.4, -0.2) is 108 Å². The Labute approximate surface area is 309 Å². The van der Waals surface area contributed by atoms with Crippen LogP contribution in [0.15, 0.2) is 42.5 Å². The summed E-state index contributed by atoms with van der Waals surface area (Å²) in [5.41, 5.74) is -6.36. The number of rotatable bonds is 9. The second-order valence-corrected chi connectivity index (χ2v) is 15.7. The Kier molecular flexibility index (Phi) is 10.8. The Morgan fingerprint density at radius 1 is 0.887 bits per heavy atom. The zero-order chi connectivity index (χ0) is 39.4. The number of hydrogen-bond donors (Lipinski definition) is 1. The summed E-state index contributed by atoms with van der Waals surface area (Å²) < 4.78 is 36.4. The normalized spacial score (nSPS) is 38.1. The largest absolute Gasteiger partial charge is 0.462 e. The third kappa shape index (κ3) is 6.46. The summed E-state index contributed by atoms with van der Waals surface area (Å²) in [6.45, 7) is 13.4. The monoisotopic (exact) mass is 741 g/mol. The minimum absolute atomic E-state index is 0.0584. The van der Waals surface area contributed by atoms with Crippen molar-refractivity contribution in [2.75, 3.05) is 20.7 Å². The van der Waals surface area contributed by atoms with E-state index in [1.54, 1.807) is 13.8 Å². The molecule has 1 heterocycles. The first kappa shape index (κ1) is 40.1. The molecule has 3 aliphatic carbocycles. The summed E-state index contributed by atoms with van der Waals surface area (Å²) in [4.78, 5) is 81.8. The second kappa shape index (κ2) is 14.3. The number of fused-ring (bicyclic) bond motifs is 1. The topological polar surface area (TPSA) is 181 Å². The van der Waals surface area contributed by atoms with Crippen molar-refractivity contribution in [1.82, 2.24) is 4.90 Å². The molecule has 1 N–H and O–H groups in total. The Morgan fingerprint density at radius 2 is 1.45 bits per heavy atom. The molecule has 4 bridgehead atoms. The van der Waals surface area contributed by atoms with E-state index in [4.69, 9.17) is 28.4 Å². The van der Waals surface area contributed by atoms with Crippen molar-refractivity contribution in [3.8, 4) is 0 Å². The van der Waals surface area contributed by atoms with E-state index in [-0.39, 0.29) is 37.5 Å². The number of Topliss-reactive ketones (excluding diaryl/α,β-unsaturated/α-hetero) is 1. The molecule has 0 aromatic heterocycles. The van der Waals surface area contributed by atoms with Gasteiger partial charge in [0.15, 0.2) is 23.6 Å². The molecule has 0 unspecified atom stereocenters. The highest BCUT2D eigenvalue weighted by Crippen LogP contribution is 2.67. The predicted octanol–water partition coefficient (Wildman–Crippen LogP) is 3.03. The highest BCUT2D eigenvalue weighted by atomic mass is 16.6. The SMILES string of the molecule is C=C1[C@@H](OC(=O)C[C@H](c2ccccc2)N(C)C)C[C@H](OC(C)=O)[C@@]2(C)[C@@H](OC(C)=O)[C@H](OC(C)=O)[C@]3(O)[C@]4(C)OC[C@]3(C)[C@@H](CC4=O)[C@@H](OC(C)=O)[C@H]12. The van der Waals surface area contributed by atoms with Gasteiger partial charge in [-0.05, 0) is 32.2 Å². The molecule has 14 nitrogen and oxygen atoms in total. The van der Waals surface area contributed by atoms with Crippen LogP contribution in [0.3, 0.4) is 0 Å². The van der Waals surface area contributed by atoms with Gasteiger partial charge in [0, 0.05) is 63.8 Å². The van der Waals surface area contributed by atoms with E-state index < -0.39 is 100 Å². The number of nitrogens with zero attached hydrogens (tertiary/aromatic N) is 1. The molecule has 4 aliphatic rings. The molecule has 14 heteroatoms. The summed E-state index contributed by atoms with van der Waals surface area (Å²) in [5, 5.41) is 13.1. The van der Waals surface area contributed by atoms with Gasteiger partial charge in [-0.2, -0.15) is 0 Å². The van der Waals surface area contributed by atoms with Gasteiger partial charge in [0.2, 0.25) is 0 Å². The smallest absolute Gasteiger partial charge is 0.308 e. The van der Waals surface area contributed by atoms with Crippen molar-refractivity contribution in [3.63, 3.8) is 0 Å². The molecule has 1 aliphatic heterocycles. The van der Waals surface area contributed by atoms with Crippen molar-refractivity contribution in [1.29, 1.82) is 0 Å². The molecule has 4 fully saturated rings. The van der Waals surface area contributed by atoms with Gasteiger partial charge in [-0.15, -0.1) is 0 Å². The van der Waals surface area contributed by atoms with Gasteiger partial charge in [0.05, 0.1) is 18.4 Å². The fourth-order valence-corrected chi connectivity index (χ4v) is 9.71. The van der Waals surface area contributed by atoms with Crippen LogP contribution >= 0.6 is 0 Å². The molecule has 1 saturated heterocycles.